The van der Waals surface area contributed by atoms with E-state index in [-0.39, 0.29) is 5.54 Å². The third kappa shape index (κ3) is 3.64. The molecule has 0 saturated carbocycles. The monoisotopic (exact) mass is 317 g/mol. The molecule has 2 heterocycles. The van der Waals surface area contributed by atoms with Crippen molar-refractivity contribution < 1.29 is 4.74 Å². The van der Waals surface area contributed by atoms with Gasteiger partial charge in [-0.25, -0.2) is 0 Å². The van der Waals surface area contributed by atoms with Gasteiger partial charge in [-0.1, -0.05) is 12.1 Å². The maximum Gasteiger partial charge on any atom is 0.0991 e. The van der Waals surface area contributed by atoms with Crippen LogP contribution in [0.1, 0.15) is 17.5 Å². The zero-order chi connectivity index (χ0) is 15.3. The van der Waals surface area contributed by atoms with Crippen molar-refractivity contribution in [1.29, 1.82) is 5.26 Å². The lowest BCUT2D eigenvalue weighted by molar-refractivity contribution is -0.0134. The summed E-state index contributed by atoms with van der Waals surface area (Å²) >= 11 is 2.06. The van der Waals surface area contributed by atoms with Crippen molar-refractivity contribution in [2.24, 2.45) is 0 Å². The van der Waals surface area contributed by atoms with E-state index in [2.05, 4.69) is 34.1 Å². The van der Waals surface area contributed by atoms with Crippen LogP contribution >= 0.6 is 11.8 Å². The molecule has 0 amide bonds. The first-order valence-corrected chi connectivity index (χ1v) is 9.08. The van der Waals surface area contributed by atoms with Gasteiger partial charge < -0.3 is 10.1 Å². The van der Waals surface area contributed by atoms with E-state index in [9.17, 15) is 0 Å². The number of rotatable bonds is 5. The maximum absolute atomic E-state index is 8.98. The van der Waals surface area contributed by atoms with Gasteiger partial charge in [0, 0.05) is 37.5 Å². The number of benzene rings is 1. The van der Waals surface area contributed by atoms with E-state index in [1.54, 1.807) is 0 Å². The largest absolute Gasteiger partial charge is 0.379 e. The second-order valence-corrected chi connectivity index (χ2v) is 7.15. The van der Waals surface area contributed by atoms with E-state index >= 15 is 0 Å². The quantitative estimate of drug-likeness (QED) is 0.898. The van der Waals surface area contributed by atoms with Crippen molar-refractivity contribution in [1.82, 2.24) is 10.2 Å². The topological polar surface area (TPSA) is 48.3 Å². The molecule has 0 unspecified atom stereocenters. The predicted molar refractivity (Wildman–Crippen MR) is 89.9 cm³/mol. The van der Waals surface area contributed by atoms with Crippen LogP contribution in [0.2, 0.25) is 0 Å². The Labute approximate surface area is 136 Å². The average Bonchev–Trinajstić information content (AvgIpc) is 3.06. The standard InChI is InChI=1S/C17H23N3OS/c18-11-15-2-1-3-16(10-15)12-19-13-17(4-9-22-14-17)20-5-7-21-8-6-20/h1-3,10,19H,4-9,12-14H2/t17-/m0/s1. The molecule has 5 heteroatoms. The van der Waals surface area contributed by atoms with Crippen molar-refractivity contribution in [3.05, 3.63) is 35.4 Å². The summed E-state index contributed by atoms with van der Waals surface area (Å²) < 4.78 is 5.50. The molecule has 3 rings (SSSR count). The van der Waals surface area contributed by atoms with Crippen LogP contribution in [0.5, 0.6) is 0 Å². The second-order valence-electron chi connectivity index (χ2n) is 6.04. The Morgan fingerprint density at radius 1 is 1.36 bits per heavy atom. The highest BCUT2D eigenvalue weighted by Crippen LogP contribution is 2.33. The number of nitrogens with one attached hydrogen (secondary N) is 1. The fraction of sp³-hybridized carbons (Fsp3) is 0.588. The van der Waals surface area contributed by atoms with Crippen LogP contribution in [-0.4, -0.2) is 54.8 Å². The first-order valence-electron chi connectivity index (χ1n) is 7.93. The molecule has 2 saturated heterocycles. The van der Waals surface area contributed by atoms with Crippen LogP contribution in [0.3, 0.4) is 0 Å². The summed E-state index contributed by atoms with van der Waals surface area (Å²) in [5.41, 5.74) is 2.20. The lowest BCUT2D eigenvalue weighted by Crippen LogP contribution is -2.58. The van der Waals surface area contributed by atoms with Gasteiger partial charge in [-0.2, -0.15) is 17.0 Å². The molecule has 2 aliphatic heterocycles. The summed E-state index contributed by atoms with van der Waals surface area (Å²) in [6, 6.07) is 10.1. The van der Waals surface area contributed by atoms with E-state index in [4.69, 9.17) is 10.00 Å². The summed E-state index contributed by atoms with van der Waals surface area (Å²) in [5, 5.41) is 12.6. The minimum absolute atomic E-state index is 0.279. The number of thioether (sulfide) groups is 1. The van der Waals surface area contributed by atoms with Crippen molar-refractivity contribution >= 4 is 11.8 Å². The molecule has 2 fully saturated rings. The van der Waals surface area contributed by atoms with E-state index in [0.717, 1.165) is 45.0 Å². The molecule has 4 nitrogen and oxygen atoms in total. The minimum Gasteiger partial charge on any atom is -0.379 e. The Kier molecular flexibility index (Phi) is 5.37. The van der Waals surface area contributed by atoms with Gasteiger partial charge in [-0.3, -0.25) is 4.90 Å². The highest BCUT2D eigenvalue weighted by Gasteiger charge is 2.40. The number of ether oxygens (including phenoxy) is 1. The summed E-state index contributed by atoms with van der Waals surface area (Å²) in [6.07, 6.45) is 1.25. The fourth-order valence-electron chi connectivity index (χ4n) is 3.33. The number of nitrogens with zero attached hydrogens (tertiary/aromatic N) is 2. The van der Waals surface area contributed by atoms with Gasteiger partial charge in [0.05, 0.1) is 24.8 Å². The van der Waals surface area contributed by atoms with Crippen LogP contribution in [0.4, 0.5) is 0 Å². The molecule has 0 aliphatic carbocycles. The van der Waals surface area contributed by atoms with E-state index < -0.39 is 0 Å². The highest BCUT2D eigenvalue weighted by atomic mass is 32.2. The SMILES string of the molecule is N#Cc1cccc(CNC[C@@]2(N3CCOCC3)CCSC2)c1. The lowest BCUT2D eigenvalue weighted by Gasteiger charge is -2.43. The smallest absolute Gasteiger partial charge is 0.0991 e. The molecule has 0 aromatic heterocycles. The summed E-state index contributed by atoms with van der Waals surface area (Å²) in [5.74, 6) is 2.46. The van der Waals surface area contributed by atoms with Crippen LogP contribution < -0.4 is 5.32 Å². The maximum atomic E-state index is 8.98. The zero-order valence-electron chi connectivity index (χ0n) is 12.9. The molecular formula is C17H23N3OS. The Bertz CT molecular complexity index is 531. The van der Waals surface area contributed by atoms with E-state index in [1.807, 2.05) is 18.2 Å². The number of hydrogen-bond acceptors (Lipinski definition) is 5. The van der Waals surface area contributed by atoms with Gasteiger partial charge in [0.2, 0.25) is 0 Å². The zero-order valence-corrected chi connectivity index (χ0v) is 13.7. The molecule has 0 bridgehead atoms. The van der Waals surface area contributed by atoms with Crippen LogP contribution in [0.25, 0.3) is 0 Å². The predicted octanol–water partition coefficient (Wildman–Crippen LogP) is 1.86. The molecule has 1 N–H and O–H groups in total. The Morgan fingerprint density at radius 2 is 2.23 bits per heavy atom. The molecule has 0 radical (unpaired) electrons. The van der Waals surface area contributed by atoms with Gasteiger partial charge in [0.25, 0.3) is 0 Å². The third-order valence-corrected chi connectivity index (χ3v) is 5.84. The first-order chi connectivity index (χ1) is 10.8. The van der Waals surface area contributed by atoms with Gasteiger partial charge >= 0.3 is 0 Å². The van der Waals surface area contributed by atoms with Gasteiger partial charge in [0.15, 0.2) is 0 Å². The average molecular weight is 317 g/mol. The molecule has 0 spiro atoms. The van der Waals surface area contributed by atoms with Crippen molar-refractivity contribution in [3.8, 4) is 6.07 Å². The molecule has 1 aromatic rings. The lowest BCUT2D eigenvalue weighted by atomic mass is 9.95. The summed E-state index contributed by atoms with van der Waals surface area (Å²) in [6.45, 7) is 5.65. The van der Waals surface area contributed by atoms with Gasteiger partial charge in [-0.15, -0.1) is 0 Å². The Hall–Kier alpha value is -1.06. The fourth-order valence-corrected chi connectivity index (χ4v) is 4.80. The highest BCUT2D eigenvalue weighted by molar-refractivity contribution is 7.99. The van der Waals surface area contributed by atoms with Crippen molar-refractivity contribution in [2.45, 2.75) is 18.5 Å². The Balaban J connectivity index is 1.58. The van der Waals surface area contributed by atoms with E-state index in [0.29, 0.717) is 0 Å². The van der Waals surface area contributed by atoms with Crippen LogP contribution in [-0.2, 0) is 11.3 Å². The van der Waals surface area contributed by atoms with Crippen LogP contribution in [0.15, 0.2) is 24.3 Å². The summed E-state index contributed by atoms with van der Waals surface area (Å²) in [4.78, 5) is 2.62. The molecule has 22 heavy (non-hydrogen) atoms. The molecular weight excluding hydrogens is 294 g/mol. The van der Waals surface area contributed by atoms with Gasteiger partial charge in [0.1, 0.15) is 0 Å². The Morgan fingerprint density at radius 3 is 2.95 bits per heavy atom. The molecule has 118 valence electrons. The molecule has 1 atom stereocenters. The van der Waals surface area contributed by atoms with Gasteiger partial charge in [-0.05, 0) is 29.9 Å². The van der Waals surface area contributed by atoms with E-state index in [1.165, 1.54) is 23.5 Å². The molecule has 1 aromatic carbocycles. The second kappa shape index (κ2) is 7.47. The number of nitriles is 1. The van der Waals surface area contributed by atoms with Crippen molar-refractivity contribution in [2.75, 3.05) is 44.4 Å². The van der Waals surface area contributed by atoms with Crippen LogP contribution in [0, 0.1) is 11.3 Å². The number of hydrogen-bond donors (Lipinski definition) is 1. The normalized spacial score (nSPS) is 26.0. The minimum atomic E-state index is 0.279. The molecule has 2 aliphatic rings. The first kappa shape index (κ1) is 15.8. The summed E-state index contributed by atoms with van der Waals surface area (Å²) in [7, 11) is 0. The van der Waals surface area contributed by atoms with Crippen molar-refractivity contribution in [3.63, 3.8) is 0 Å². The third-order valence-electron chi connectivity index (χ3n) is 4.60. The number of morpholine rings is 1.